The topological polar surface area (TPSA) is 68.6 Å². The summed E-state index contributed by atoms with van der Waals surface area (Å²) in [5.74, 6) is 2.32. The van der Waals surface area contributed by atoms with Crippen LogP contribution in [0, 0.1) is 34.5 Å². The number of carbonyl (C=O) groups is 2. The van der Waals surface area contributed by atoms with Gasteiger partial charge in [-0.15, -0.1) is 0 Å². The first-order valence-corrected chi connectivity index (χ1v) is 12.2. The third kappa shape index (κ3) is 3.36. The predicted octanol–water partition coefficient (Wildman–Crippen LogP) is 5.76. The van der Waals surface area contributed by atoms with Gasteiger partial charge in [-0.3, -0.25) is 9.78 Å². The lowest BCUT2D eigenvalue weighted by molar-refractivity contribution is -0.117. The van der Waals surface area contributed by atoms with Crippen molar-refractivity contribution in [1.82, 2.24) is 4.98 Å². The molecule has 5 heteroatoms. The number of carbonyl (C=O) groups excluding carboxylic acids is 2. The molecule has 32 heavy (non-hydrogen) atoms. The fraction of sp³-hybridized carbons (Fsp3) is 0.630. The fourth-order valence-electron chi connectivity index (χ4n) is 7.96. The molecule has 0 N–H and O–H groups in total. The summed E-state index contributed by atoms with van der Waals surface area (Å²) >= 11 is 0. The molecule has 0 radical (unpaired) electrons. The standard InChI is InChI=1S/C27H34N2O3/c1-17(29-32-25(31)18-5-4-14-28-16-18)22-8-9-23-21-7-6-19-15-20(30)10-12-26(19,2)24(21)11-13-27(22,23)3/h4-5,14-16,21-24H,6-13H2,1-3H3/b29-17+/t21-,22+,23?,24?,26-,27+/m0/s1. The molecule has 0 bridgehead atoms. The Morgan fingerprint density at radius 1 is 1.12 bits per heavy atom. The van der Waals surface area contributed by atoms with Crippen LogP contribution in [0.4, 0.5) is 0 Å². The zero-order valence-corrected chi connectivity index (χ0v) is 19.5. The number of allylic oxidation sites excluding steroid dienone is 1. The van der Waals surface area contributed by atoms with Crippen molar-refractivity contribution in [3.05, 3.63) is 41.7 Å². The van der Waals surface area contributed by atoms with E-state index < -0.39 is 5.97 Å². The van der Waals surface area contributed by atoms with Gasteiger partial charge in [-0.25, -0.2) is 4.79 Å². The second-order valence-corrected chi connectivity index (χ2v) is 11.0. The highest BCUT2D eigenvalue weighted by Gasteiger charge is 2.59. The van der Waals surface area contributed by atoms with E-state index in [4.69, 9.17) is 4.84 Å². The van der Waals surface area contributed by atoms with E-state index in [0.717, 1.165) is 30.9 Å². The van der Waals surface area contributed by atoms with Gasteiger partial charge in [0.05, 0.1) is 11.3 Å². The first-order chi connectivity index (χ1) is 15.3. The molecular formula is C27H34N2O3. The highest BCUT2D eigenvalue weighted by atomic mass is 16.7. The van der Waals surface area contributed by atoms with Crippen LogP contribution < -0.4 is 0 Å². The third-order valence-electron chi connectivity index (χ3n) is 9.64. The Kier molecular flexibility index (Phi) is 5.34. The Hall–Kier alpha value is -2.30. The van der Waals surface area contributed by atoms with Crippen LogP contribution in [0.5, 0.6) is 0 Å². The molecule has 5 rings (SSSR count). The van der Waals surface area contributed by atoms with Crippen LogP contribution in [0.2, 0.25) is 0 Å². The minimum atomic E-state index is -0.452. The van der Waals surface area contributed by atoms with E-state index in [0.29, 0.717) is 35.5 Å². The molecule has 4 aliphatic rings. The van der Waals surface area contributed by atoms with Gasteiger partial charge in [0.15, 0.2) is 5.78 Å². The molecule has 0 aromatic carbocycles. The molecule has 0 saturated heterocycles. The molecule has 0 amide bonds. The summed E-state index contributed by atoms with van der Waals surface area (Å²) in [6.07, 6.45) is 13.9. The van der Waals surface area contributed by atoms with Crippen molar-refractivity contribution in [3.63, 3.8) is 0 Å². The van der Waals surface area contributed by atoms with Gasteiger partial charge in [0.1, 0.15) is 0 Å². The number of fused-ring (bicyclic) bond motifs is 5. The summed E-state index contributed by atoms with van der Waals surface area (Å²) < 4.78 is 0. The summed E-state index contributed by atoms with van der Waals surface area (Å²) in [6.45, 7) is 6.91. The second-order valence-electron chi connectivity index (χ2n) is 11.0. The predicted molar refractivity (Wildman–Crippen MR) is 123 cm³/mol. The summed E-state index contributed by atoms with van der Waals surface area (Å²) in [7, 11) is 0. The highest BCUT2D eigenvalue weighted by Crippen LogP contribution is 2.66. The van der Waals surface area contributed by atoms with Crippen molar-refractivity contribution in [1.29, 1.82) is 0 Å². The summed E-state index contributed by atoms with van der Waals surface area (Å²) in [6, 6.07) is 3.42. The third-order valence-corrected chi connectivity index (χ3v) is 9.64. The Morgan fingerprint density at radius 3 is 2.75 bits per heavy atom. The molecule has 1 aromatic heterocycles. The Bertz CT molecular complexity index is 984. The van der Waals surface area contributed by atoms with Crippen molar-refractivity contribution >= 4 is 17.5 Å². The summed E-state index contributed by atoms with van der Waals surface area (Å²) in [5, 5.41) is 4.30. The maximum atomic E-state index is 12.3. The maximum absolute atomic E-state index is 12.3. The molecule has 4 aliphatic carbocycles. The van der Waals surface area contributed by atoms with Crippen molar-refractivity contribution in [2.75, 3.05) is 0 Å². The van der Waals surface area contributed by atoms with Crippen LogP contribution in [0.3, 0.4) is 0 Å². The van der Waals surface area contributed by atoms with E-state index in [1.807, 2.05) is 13.0 Å². The number of aromatic nitrogens is 1. The molecular weight excluding hydrogens is 400 g/mol. The van der Waals surface area contributed by atoms with E-state index in [1.165, 1.54) is 37.5 Å². The van der Waals surface area contributed by atoms with E-state index in [9.17, 15) is 9.59 Å². The molecule has 1 heterocycles. The van der Waals surface area contributed by atoms with Gasteiger partial charge < -0.3 is 4.84 Å². The molecule has 6 atom stereocenters. The van der Waals surface area contributed by atoms with Gasteiger partial charge in [0, 0.05) is 24.7 Å². The number of pyridine rings is 1. The first kappa shape index (κ1) is 21.5. The van der Waals surface area contributed by atoms with Crippen LogP contribution in [-0.4, -0.2) is 22.4 Å². The van der Waals surface area contributed by atoms with E-state index in [-0.39, 0.29) is 10.8 Å². The minimum absolute atomic E-state index is 0.206. The lowest BCUT2D eigenvalue weighted by Crippen LogP contribution is -2.51. The first-order valence-electron chi connectivity index (χ1n) is 12.2. The van der Waals surface area contributed by atoms with Crippen molar-refractivity contribution in [2.45, 2.75) is 72.1 Å². The SMILES string of the molecule is C/C(=N\OC(=O)c1cccnc1)[C@H]1CCC2[C@@H]3CCC4=CC(=O)CC[C@]4(C)C3CC[C@@]21C. The number of oxime groups is 1. The molecule has 2 unspecified atom stereocenters. The number of hydrogen-bond acceptors (Lipinski definition) is 5. The second kappa shape index (κ2) is 7.93. The molecule has 1 aromatic rings. The van der Waals surface area contributed by atoms with Crippen LogP contribution in [0.25, 0.3) is 0 Å². The zero-order valence-electron chi connectivity index (χ0n) is 19.5. The Labute approximate surface area is 190 Å². The lowest BCUT2D eigenvalue weighted by atomic mass is 9.46. The molecule has 170 valence electrons. The van der Waals surface area contributed by atoms with Gasteiger partial charge in [-0.2, -0.15) is 0 Å². The van der Waals surface area contributed by atoms with Crippen LogP contribution >= 0.6 is 0 Å². The fourth-order valence-corrected chi connectivity index (χ4v) is 7.96. The van der Waals surface area contributed by atoms with Gasteiger partial charge in [0.25, 0.3) is 0 Å². The number of ketones is 1. The van der Waals surface area contributed by atoms with E-state index in [1.54, 1.807) is 18.3 Å². The molecule has 3 fully saturated rings. The van der Waals surface area contributed by atoms with Crippen LogP contribution in [0.15, 0.2) is 41.3 Å². The summed E-state index contributed by atoms with van der Waals surface area (Å²) in [5.41, 5.74) is 3.20. The highest BCUT2D eigenvalue weighted by molar-refractivity contribution is 5.92. The smallest absolute Gasteiger partial charge is 0.313 e. The van der Waals surface area contributed by atoms with E-state index >= 15 is 0 Å². The van der Waals surface area contributed by atoms with Gasteiger partial charge in [-0.1, -0.05) is 24.6 Å². The zero-order chi connectivity index (χ0) is 22.5. The van der Waals surface area contributed by atoms with Gasteiger partial charge in [0.2, 0.25) is 0 Å². The van der Waals surface area contributed by atoms with Crippen LogP contribution in [0.1, 0.15) is 82.5 Å². The molecule has 5 nitrogen and oxygen atoms in total. The lowest BCUT2D eigenvalue weighted by Gasteiger charge is -2.58. The average molecular weight is 435 g/mol. The molecule has 3 saturated carbocycles. The van der Waals surface area contributed by atoms with Gasteiger partial charge in [-0.05, 0) is 98.7 Å². The molecule has 0 aliphatic heterocycles. The summed E-state index contributed by atoms with van der Waals surface area (Å²) in [4.78, 5) is 33.6. The normalized spacial score (nSPS) is 38.9. The molecule has 0 spiro atoms. The van der Waals surface area contributed by atoms with Crippen LogP contribution in [-0.2, 0) is 9.63 Å². The average Bonchev–Trinajstić information content (AvgIpc) is 3.15. The number of rotatable bonds is 3. The monoisotopic (exact) mass is 434 g/mol. The van der Waals surface area contributed by atoms with Crippen molar-refractivity contribution in [3.8, 4) is 0 Å². The largest absolute Gasteiger partial charge is 0.367 e. The minimum Gasteiger partial charge on any atom is -0.313 e. The van der Waals surface area contributed by atoms with Crippen molar-refractivity contribution in [2.24, 2.45) is 39.7 Å². The van der Waals surface area contributed by atoms with Crippen molar-refractivity contribution < 1.29 is 14.4 Å². The number of nitrogens with zero attached hydrogens (tertiary/aromatic N) is 2. The van der Waals surface area contributed by atoms with E-state index in [2.05, 4.69) is 24.0 Å². The quantitative estimate of drug-likeness (QED) is 0.344. The number of hydrogen-bond donors (Lipinski definition) is 0. The Morgan fingerprint density at radius 2 is 1.97 bits per heavy atom. The van der Waals surface area contributed by atoms with Gasteiger partial charge >= 0.3 is 5.97 Å². The maximum Gasteiger partial charge on any atom is 0.367 e. The Balaban J connectivity index is 1.33.